The highest BCUT2D eigenvalue weighted by molar-refractivity contribution is 7.92. The number of nitrogens with one attached hydrogen (secondary N) is 1. The molecule has 0 aliphatic heterocycles. The molecule has 0 fully saturated rings. The van der Waals surface area contributed by atoms with Gasteiger partial charge in [0.25, 0.3) is 0 Å². The van der Waals surface area contributed by atoms with Crippen molar-refractivity contribution in [3.05, 3.63) is 59.2 Å². The van der Waals surface area contributed by atoms with E-state index in [1.54, 1.807) is 18.1 Å². The Kier molecular flexibility index (Phi) is 12.1. The van der Waals surface area contributed by atoms with Crippen LogP contribution in [-0.4, -0.2) is 57.6 Å². The second-order valence-electron chi connectivity index (χ2n) is 9.60. The smallest absolute Gasteiger partial charge is 0.242 e. The van der Waals surface area contributed by atoms with Crippen LogP contribution in [0.25, 0.3) is 0 Å². The van der Waals surface area contributed by atoms with Gasteiger partial charge in [0.05, 0.1) is 19.1 Å². The molecule has 0 radical (unpaired) electrons. The summed E-state index contributed by atoms with van der Waals surface area (Å²) in [6, 6.07) is 12.4. The Morgan fingerprint density at radius 3 is 2.29 bits per heavy atom. The van der Waals surface area contributed by atoms with Crippen LogP contribution in [0.1, 0.15) is 62.6 Å². The second-order valence-corrected chi connectivity index (χ2v) is 11.5. The van der Waals surface area contributed by atoms with Crippen molar-refractivity contribution in [1.82, 2.24) is 10.2 Å². The molecular weight excluding hydrogens is 502 g/mol. The first kappa shape index (κ1) is 31.1. The van der Waals surface area contributed by atoms with Gasteiger partial charge in [0.2, 0.25) is 21.8 Å². The number of unbranched alkanes of at least 4 members (excludes halogenated alkanes) is 1. The molecule has 0 aliphatic rings. The molecule has 0 spiro atoms. The predicted molar refractivity (Wildman–Crippen MR) is 153 cm³/mol. The van der Waals surface area contributed by atoms with Gasteiger partial charge in [0, 0.05) is 26.1 Å². The van der Waals surface area contributed by atoms with Gasteiger partial charge in [0.1, 0.15) is 11.8 Å². The van der Waals surface area contributed by atoms with E-state index in [2.05, 4.69) is 12.2 Å². The molecule has 2 amide bonds. The molecule has 1 N–H and O–H groups in total. The van der Waals surface area contributed by atoms with Gasteiger partial charge in [-0.3, -0.25) is 13.9 Å². The number of aryl methyl sites for hydroxylation is 1. The maximum absolute atomic E-state index is 13.5. The Hall–Kier alpha value is -3.07. The van der Waals surface area contributed by atoms with Crippen LogP contribution in [0, 0.1) is 13.8 Å². The van der Waals surface area contributed by atoms with E-state index in [4.69, 9.17) is 4.74 Å². The number of ether oxygens (including phenoxy) is 1. The number of amides is 2. The molecule has 210 valence electrons. The van der Waals surface area contributed by atoms with Crippen molar-refractivity contribution in [3.63, 3.8) is 0 Å². The molecule has 2 aromatic rings. The SMILES string of the molecule is CCCCNC(=O)[C@H](CC)N(Cc1ccc(OC)cc1)C(=O)CCCN(c1cccc(C)c1C)S(C)(=O)=O. The summed E-state index contributed by atoms with van der Waals surface area (Å²) >= 11 is 0. The van der Waals surface area contributed by atoms with Gasteiger partial charge in [-0.15, -0.1) is 0 Å². The van der Waals surface area contributed by atoms with E-state index >= 15 is 0 Å². The first-order valence-electron chi connectivity index (χ1n) is 13.3. The summed E-state index contributed by atoms with van der Waals surface area (Å²) in [5.74, 6) is 0.354. The summed E-state index contributed by atoms with van der Waals surface area (Å²) < 4.78 is 31.9. The lowest BCUT2D eigenvalue weighted by Crippen LogP contribution is -2.49. The number of carbonyl (C=O) groups is 2. The highest BCUT2D eigenvalue weighted by Gasteiger charge is 2.29. The van der Waals surface area contributed by atoms with E-state index in [9.17, 15) is 18.0 Å². The minimum atomic E-state index is -3.55. The highest BCUT2D eigenvalue weighted by Crippen LogP contribution is 2.26. The molecule has 0 saturated carbocycles. The van der Waals surface area contributed by atoms with E-state index in [-0.39, 0.29) is 31.3 Å². The maximum Gasteiger partial charge on any atom is 0.242 e. The number of rotatable bonds is 15. The minimum absolute atomic E-state index is 0.117. The van der Waals surface area contributed by atoms with Crippen molar-refractivity contribution in [2.45, 2.75) is 72.4 Å². The Morgan fingerprint density at radius 1 is 1.03 bits per heavy atom. The number of anilines is 1. The van der Waals surface area contributed by atoms with Crippen LogP contribution in [-0.2, 0) is 26.2 Å². The van der Waals surface area contributed by atoms with Crippen molar-refractivity contribution < 1.29 is 22.7 Å². The standard InChI is InChI=1S/C29H43N3O5S/c1-7-9-19-30-29(34)26(8-2)31(21-24-15-17-25(37-5)18-16-24)28(33)14-11-20-32(38(6,35)36)27-13-10-12-22(3)23(27)4/h10,12-13,15-18,26H,7-9,11,14,19-21H2,1-6H3,(H,30,34)/t26-/m0/s1. The number of methoxy groups -OCH3 is 1. The molecule has 9 heteroatoms. The van der Waals surface area contributed by atoms with Gasteiger partial charge in [-0.05, 0) is 68.0 Å². The molecular formula is C29H43N3O5S. The summed E-state index contributed by atoms with van der Waals surface area (Å²) in [5.41, 5.74) is 3.39. The third kappa shape index (κ3) is 8.75. The molecule has 0 saturated heterocycles. The second kappa shape index (κ2) is 14.8. The van der Waals surface area contributed by atoms with Crippen molar-refractivity contribution >= 4 is 27.5 Å². The number of hydrogen-bond acceptors (Lipinski definition) is 5. The van der Waals surface area contributed by atoms with Crippen LogP contribution in [0.3, 0.4) is 0 Å². The predicted octanol–water partition coefficient (Wildman–Crippen LogP) is 4.58. The molecule has 0 aliphatic carbocycles. The van der Waals surface area contributed by atoms with Crippen LogP contribution >= 0.6 is 0 Å². The summed E-state index contributed by atoms with van der Waals surface area (Å²) in [4.78, 5) is 28.2. The van der Waals surface area contributed by atoms with Crippen LogP contribution in [0.5, 0.6) is 5.75 Å². The van der Waals surface area contributed by atoms with Crippen molar-refractivity contribution in [1.29, 1.82) is 0 Å². The van der Waals surface area contributed by atoms with Crippen molar-refractivity contribution in [2.75, 3.05) is 30.8 Å². The number of hydrogen-bond donors (Lipinski definition) is 1. The quantitative estimate of drug-likeness (QED) is 0.331. The number of carbonyl (C=O) groups excluding carboxylic acids is 2. The Balaban J connectivity index is 2.23. The number of nitrogens with zero attached hydrogens (tertiary/aromatic N) is 2. The fourth-order valence-corrected chi connectivity index (χ4v) is 5.36. The zero-order valence-corrected chi connectivity index (χ0v) is 24.4. The highest BCUT2D eigenvalue weighted by atomic mass is 32.2. The van der Waals surface area contributed by atoms with E-state index in [1.807, 2.05) is 57.2 Å². The van der Waals surface area contributed by atoms with Crippen LogP contribution in [0.4, 0.5) is 5.69 Å². The van der Waals surface area contributed by atoms with Gasteiger partial charge in [0.15, 0.2) is 0 Å². The van der Waals surface area contributed by atoms with E-state index in [0.717, 1.165) is 29.5 Å². The fourth-order valence-electron chi connectivity index (χ4n) is 4.34. The summed E-state index contributed by atoms with van der Waals surface area (Å²) in [5, 5.41) is 2.96. The first-order valence-corrected chi connectivity index (χ1v) is 15.1. The Morgan fingerprint density at radius 2 is 1.71 bits per heavy atom. The number of sulfonamides is 1. The molecule has 0 unspecified atom stereocenters. The molecule has 0 aromatic heterocycles. The molecule has 0 bridgehead atoms. The van der Waals surface area contributed by atoms with Gasteiger partial charge in [-0.25, -0.2) is 8.42 Å². The van der Waals surface area contributed by atoms with Crippen molar-refractivity contribution in [2.24, 2.45) is 0 Å². The van der Waals surface area contributed by atoms with Gasteiger partial charge < -0.3 is 15.0 Å². The lowest BCUT2D eigenvalue weighted by atomic mass is 10.1. The maximum atomic E-state index is 13.5. The zero-order valence-electron chi connectivity index (χ0n) is 23.6. The van der Waals surface area contributed by atoms with Crippen LogP contribution < -0.4 is 14.4 Å². The molecule has 38 heavy (non-hydrogen) atoms. The van der Waals surface area contributed by atoms with Crippen LogP contribution in [0.15, 0.2) is 42.5 Å². The lowest BCUT2D eigenvalue weighted by molar-refractivity contribution is -0.141. The van der Waals surface area contributed by atoms with E-state index in [1.165, 1.54) is 10.6 Å². The Labute approximate surface area is 228 Å². The zero-order chi connectivity index (χ0) is 28.3. The molecule has 0 heterocycles. The first-order chi connectivity index (χ1) is 18.0. The molecule has 8 nitrogen and oxygen atoms in total. The summed E-state index contributed by atoms with van der Waals surface area (Å²) in [7, 11) is -1.95. The minimum Gasteiger partial charge on any atom is -0.497 e. The van der Waals surface area contributed by atoms with Gasteiger partial charge in [-0.1, -0.05) is 44.5 Å². The van der Waals surface area contributed by atoms with E-state index in [0.29, 0.717) is 30.8 Å². The largest absolute Gasteiger partial charge is 0.497 e. The van der Waals surface area contributed by atoms with E-state index < -0.39 is 16.1 Å². The van der Waals surface area contributed by atoms with Crippen LogP contribution in [0.2, 0.25) is 0 Å². The molecule has 2 rings (SSSR count). The van der Waals surface area contributed by atoms with Gasteiger partial charge in [-0.2, -0.15) is 0 Å². The van der Waals surface area contributed by atoms with Crippen molar-refractivity contribution in [3.8, 4) is 5.75 Å². The topological polar surface area (TPSA) is 96.0 Å². The molecule has 2 aromatic carbocycles. The average Bonchev–Trinajstić information content (AvgIpc) is 2.88. The van der Waals surface area contributed by atoms with Gasteiger partial charge >= 0.3 is 0 Å². The lowest BCUT2D eigenvalue weighted by Gasteiger charge is -2.31. The summed E-state index contributed by atoms with van der Waals surface area (Å²) in [6.07, 6.45) is 3.92. The third-order valence-corrected chi connectivity index (χ3v) is 7.90. The fraction of sp³-hybridized carbons (Fsp3) is 0.517. The average molecular weight is 546 g/mol. The normalized spacial score (nSPS) is 12.1. The molecule has 1 atom stereocenters. The Bertz CT molecular complexity index is 1170. The summed E-state index contributed by atoms with van der Waals surface area (Å²) in [6.45, 7) is 8.80. The number of benzene rings is 2. The third-order valence-electron chi connectivity index (χ3n) is 6.72. The monoisotopic (exact) mass is 545 g/mol.